The van der Waals surface area contributed by atoms with Gasteiger partial charge in [-0.15, -0.1) is 0 Å². The summed E-state index contributed by atoms with van der Waals surface area (Å²) in [5.74, 6) is 1.16. The third kappa shape index (κ3) is 4.52. The summed E-state index contributed by atoms with van der Waals surface area (Å²) < 4.78 is 7.55. The van der Waals surface area contributed by atoms with Gasteiger partial charge in [0, 0.05) is 13.2 Å². The number of hydrogen-bond donors (Lipinski definition) is 1. The molecule has 0 fully saturated rings. The molecule has 5 heteroatoms. The first-order chi connectivity index (χ1) is 13.1. The van der Waals surface area contributed by atoms with Crippen LogP contribution in [0.25, 0.3) is 6.08 Å². The molecule has 1 amide bonds. The van der Waals surface area contributed by atoms with E-state index in [0.717, 1.165) is 16.9 Å². The van der Waals surface area contributed by atoms with E-state index in [4.69, 9.17) is 4.74 Å². The van der Waals surface area contributed by atoms with Crippen LogP contribution in [0.5, 0.6) is 11.5 Å². The molecule has 0 saturated carbocycles. The second kappa shape index (κ2) is 8.19. The highest BCUT2D eigenvalue weighted by Crippen LogP contribution is 2.25. The van der Waals surface area contributed by atoms with Crippen LogP contribution < -0.4 is 10.1 Å². The summed E-state index contributed by atoms with van der Waals surface area (Å²) in [4.78, 5) is 23.6. The highest BCUT2D eigenvalue weighted by atomic mass is 16.5. The van der Waals surface area contributed by atoms with Gasteiger partial charge in [-0.1, -0.05) is 30.3 Å². The van der Waals surface area contributed by atoms with Crippen molar-refractivity contribution in [3.8, 4) is 11.5 Å². The van der Waals surface area contributed by atoms with Crippen molar-refractivity contribution in [3.63, 3.8) is 0 Å². The lowest BCUT2D eigenvalue weighted by molar-refractivity contribution is -0.105. The lowest BCUT2D eigenvalue weighted by Gasteiger charge is -2.09. The molecule has 0 aliphatic carbocycles. The van der Waals surface area contributed by atoms with E-state index >= 15 is 0 Å². The maximum atomic E-state index is 12.2. The van der Waals surface area contributed by atoms with Gasteiger partial charge in [-0.2, -0.15) is 0 Å². The van der Waals surface area contributed by atoms with Gasteiger partial charge in [0.2, 0.25) is 0 Å². The molecule has 136 valence electrons. The van der Waals surface area contributed by atoms with Crippen LogP contribution in [0.4, 0.5) is 0 Å². The molecule has 0 radical (unpaired) electrons. The topological polar surface area (TPSA) is 60.3 Å². The molecule has 1 aromatic heterocycles. The van der Waals surface area contributed by atoms with E-state index in [9.17, 15) is 9.59 Å². The number of benzene rings is 2. The molecule has 3 aromatic rings. The number of ether oxygens (including phenoxy) is 1. The molecule has 1 heterocycles. The highest BCUT2D eigenvalue weighted by molar-refractivity contribution is 5.98. The first kappa shape index (κ1) is 18.2. The van der Waals surface area contributed by atoms with Crippen molar-refractivity contribution >= 4 is 18.3 Å². The number of nitrogens with zero attached hydrogens (tertiary/aromatic N) is 1. The average Bonchev–Trinajstić information content (AvgIpc) is 3.10. The van der Waals surface area contributed by atoms with Gasteiger partial charge in [0.05, 0.1) is 5.70 Å². The number of rotatable bonds is 6. The van der Waals surface area contributed by atoms with Gasteiger partial charge in [-0.3, -0.25) is 9.59 Å². The predicted molar refractivity (Wildman–Crippen MR) is 105 cm³/mol. The van der Waals surface area contributed by atoms with Gasteiger partial charge >= 0.3 is 0 Å². The lowest BCUT2D eigenvalue weighted by atomic mass is 10.2. The molecule has 0 bridgehead atoms. The Morgan fingerprint density at radius 1 is 1.04 bits per heavy atom. The highest BCUT2D eigenvalue weighted by Gasteiger charge is 2.10. The maximum absolute atomic E-state index is 12.2. The molecular formula is C22H20N2O3. The fourth-order valence-electron chi connectivity index (χ4n) is 2.60. The molecule has 0 atom stereocenters. The summed E-state index contributed by atoms with van der Waals surface area (Å²) in [5.41, 5.74) is 2.49. The standard InChI is InChI=1S/C22H20N2O3/c1-16-6-3-4-8-21(16)27-19-11-9-17(10-12-19)14-18(15-25)23-22(26)20-7-5-13-24(20)2/h3-15H,1-2H3,(H,23,26)/b18-14-. The van der Waals surface area contributed by atoms with E-state index in [-0.39, 0.29) is 11.6 Å². The first-order valence-electron chi connectivity index (χ1n) is 8.50. The molecule has 0 aliphatic heterocycles. The Labute approximate surface area is 157 Å². The van der Waals surface area contributed by atoms with Crippen molar-refractivity contribution in [2.45, 2.75) is 6.92 Å². The molecule has 0 saturated heterocycles. The smallest absolute Gasteiger partial charge is 0.272 e. The third-order valence-corrected chi connectivity index (χ3v) is 4.08. The van der Waals surface area contributed by atoms with Crippen molar-refractivity contribution in [2.24, 2.45) is 7.05 Å². The summed E-state index contributed by atoms with van der Waals surface area (Å²) in [6, 6.07) is 18.5. The number of aryl methyl sites for hydroxylation is 2. The summed E-state index contributed by atoms with van der Waals surface area (Å²) in [6.07, 6.45) is 4.01. The number of amides is 1. The first-order valence-corrected chi connectivity index (χ1v) is 8.50. The second-order valence-electron chi connectivity index (χ2n) is 6.11. The number of allylic oxidation sites excluding steroid dienone is 1. The number of para-hydroxylation sites is 1. The van der Waals surface area contributed by atoms with Crippen molar-refractivity contribution in [1.82, 2.24) is 9.88 Å². The van der Waals surface area contributed by atoms with Crippen LogP contribution in [0.15, 0.2) is 72.6 Å². The zero-order valence-electron chi connectivity index (χ0n) is 15.2. The Kier molecular flexibility index (Phi) is 5.52. The van der Waals surface area contributed by atoms with Gasteiger partial charge in [-0.05, 0) is 54.5 Å². The number of aromatic nitrogens is 1. The number of nitrogens with one attached hydrogen (secondary N) is 1. The van der Waals surface area contributed by atoms with E-state index in [2.05, 4.69) is 5.32 Å². The molecule has 5 nitrogen and oxygen atoms in total. The van der Waals surface area contributed by atoms with E-state index in [1.807, 2.05) is 55.5 Å². The quantitative estimate of drug-likeness (QED) is 0.532. The molecule has 0 aliphatic rings. The third-order valence-electron chi connectivity index (χ3n) is 4.08. The van der Waals surface area contributed by atoms with E-state index < -0.39 is 0 Å². The van der Waals surface area contributed by atoms with Crippen LogP contribution in [0, 0.1) is 6.92 Å². The Morgan fingerprint density at radius 2 is 1.78 bits per heavy atom. The number of aldehydes is 1. The Morgan fingerprint density at radius 3 is 2.41 bits per heavy atom. The maximum Gasteiger partial charge on any atom is 0.272 e. The molecule has 1 N–H and O–H groups in total. The number of hydrogen-bond acceptors (Lipinski definition) is 3. The van der Waals surface area contributed by atoms with Gasteiger partial charge in [0.25, 0.3) is 5.91 Å². The van der Waals surface area contributed by atoms with Crippen LogP contribution in [-0.4, -0.2) is 16.8 Å². The summed E-state index contributed by atoms with van der Waals surface area (Å²) in [6.45, 7) is 1.98. The van der Waals surface area contributed by atoms with Crippen molar-refractivity contribution in [3.05, 3.63) is 89.4 Å². The van der Waals surface area contributed by atoms with Crippen molar-refractivity contribution < 1.29 is 14.3 Å². The number of carbonyl (C=O) groups is 2. The average molecular weight is 360 g/mol. The summed E-state index contributed by atoms with van der Waals surface area (Å²) >= 11 is 0. The molecule has 0 spiro atoms. The molecule has 2 aromatic carbocycles. The summed E-state index contributed by atoms with van der Waals surface area (Å²) in [7, 11) is 1.77. The SMILES string of the molecule is Cc1ccccc1Oc1ccc(/C=C(/C=O)NC(=O)c2cccn2C)cc1. The molecule has 27 heavy (non-hydrogen) atoms. The predicted octanol–water partition coefficient (Wildman–Crippen LogP) is 4.10. The fraction of sp³-hybridized carbons (Fsp3) is 0.0909. The molecule has 3 rings (SSSR count). The number of carbonyl (C=O) groups excluding carboxylic acids is 2. The van der Waals surface area contributed by atoms with Crippen LogP contribution in [-0.2, 0) is 11.8 Å². The van der Waals surface area contributed by atoms with E-state index in [1.54, 1.807) is 36.0 Å². The minimum absolute atomic E-state index is 0.189. The van der Waals surface area contributed by atoms with Gasteiger partial charge in [0.1, 0.15) is 17.2 Å². The minimum atomic E-state index is -0.333. The van der Waals surface area contributed by atoms with Crippen molar-refractivity contribution in [1.29, 1.82) is 0 Å². The van der Waals surface area contributed by atoms with Crippen LogP contribution >= 0.6 is 0 Å². The van der Waals surface area contributed by atoms with Gasteiger partial charge < -0.3 is 14.6 Å². The zero-order chi connectivity index (χ0) is 19.2. The van der Waals surface area contributed by atoms with E-state index in [1.165, 1.54) is 0 Å². The Balaban J connectivity index is 1.71. The van der Waals surface area contributed by atoms with Crippen LogP contribution in [0.3, 0.4) is 0 Å². The van der Waals surface area contributed by atoms with E-state index in [0.29, 0.717) is 17.7 Å². The Hall–Kier alpha value is -3.60. The fourth-order valence-corrected chi connectivity index (χ4v) is 2.60. The Bertz CT molecular complexity index is 985. The second-order valence-corrected chi connectivity index (χ2v) is 6.11. The van der Waals surface area contributed by atoms with Crippen LogP contribution in [0.1, 0.15) is 21.6 Å². The molecular weight excluding hydrogens is 340 g/mol. The normalized spacial score (nSPS) is 11.1. The summed E-state index contributed by atoms with van der Waals surface area (Å²) in [5, 5.41) is 2.62. The minimum Gasteiger partial charge on any atom is -0.457 e. The van der Waals surface area contributed by atoms with Crippen LogP contribution in [0.2, 0.25) is 0 Å². The van der Waals surface area contributed by atoms with Crippen molar-refractivity contribution in [2.75, 3.05) is 0 Å². The lowest BCUT2D eigenvalue weighted by Crippen LogP contribution is -2.25. The monoisotopic (exact) mass is 360 g/mol. The largest absolute Gasteiger partial charge is 0.457 e. The zero-order valence-corrected chi connectivity index (χ0v) is 15.2. The molecule has 0 unspecified atom stereocenters. The van der Waals surface area contributed by atoms with Gasteiger partial charge in [0.15, 0.2) is 6.29 Å². The van der Waals surface area contributed by atoms with Gasteiger partial charge in [-0.25, -0.2) is 0 Å².